The van der Waals surface area contributed by atoms with Crippen LogP contribution in [-0.4, -0.2) is 61.8 Å². The minimum Gasteiger partial charge on any atom is -0.508 e. The van der Waals surface area contributed by atoms with Gasteiger partial charge in [-0.15, -0.1) is 0 Å². The first-order valence-electron chi connectivity index (χ1n) is 11.8. The number of hydrogen-bond donors (Lipinski definition) is 5. The number of rotatable bonds is 2. The number of nitrogens with two attached hydrogens (primary N) is 1. The molecule has 1 aromatic rings. The molecule has 2 fully saturated rings. The van der Waals surface area contributed by atoms with Gasteiger partial charge in [-0.1, -0.05) is 6.07 Å². The van der Waals surface area contributed by atoms with Gasteiger partial charge >= 0.3 is 7.12 Å². The Bertz CT molecular complexity index is 1290. The maximum Gasteiger partial charge on any atom is 0.495 e. The molecule has 3 atom stereocenters. The van der Waals surface area contributed by atoms with E-state index >= 15 is 0 Å². The number of phenolic OH excluding ortho intramolecular Hbond substituents is 1. The molecule has 0 radical (unpaired) electrons. The first-order chi connectivity index (χ1) is 16.6. The lowest BCUT2D eigenvalue weighted by Gasteiger charge is -2.46. The van der Waals surface area contributed by atoms with E-state index in [-0.39, 0.29) is 36.1 Å². The average molecular weight is 497 g/mol. The Kier molecular flexibility index (Phi) is 5.07. The lowest BCUT2D eigenvalue weighted by Crippen LogP contribution is -2.58. The molecule has 0 aromatic heterocycles. The van der Waals surface area contributed by atoms with Gasteiger partial charge in [0.25, 0.3) is 5.91 Å². The number of aliphatic hydroxyl groups is 3. The second-order valence-corrected chi connectivity index (χ2v) is 11.0. The van der Waals surface area contributed by atoms with E-state index < -0.39 is 70.3 Å². The molecule has 1 heterocycles. The zero-order chi connectivity index (χ0) is 26.5. The van der Waals surface area contributed by atoms with Gasteiger partial charge in [0.2, 0.25) is 5.78 Å². The molecule has 1 aliphatic heterocycles. The van der Waals surface area contributed by atoms with Gasteiger partial charge in [-0.3, -0.25) is 14.4 Å². The summed E-state index contributed by atoms with van der Waals surface area (Å²) in [4.78, 5) is 37.8. The van der Waals surface area contributed by atoms with Crippen LogP contribution >= 0.6 is 0 Å². The van der Waals surface area contributed by atoms with Gasteiger partial charge in [0, 0.05) is 17.9 Å². The molecule has 11 heteroatoms. The molecular weight excluding hydrogens is 469 g/mol. The van der Waals surface area contributed by atoms with E-state index in [4.69, 9.17) is 15.0 Å². The molecule has 3 unspecified atom stereocenters. The summed E-state index contributed by atoms with van der Waals surface area (Å²) >= 11 is 0. The highest BCUT2D eigenvalue weighted by Crippen LogP contribution is 2.52. The number of hydrogen-bond acceptors (Lipinski definition) is 9. The minimum absolute atomic E-state index is 0.00865. The van der Waals surface area contributed by atoms with Gasteiger partial charge in [0.1, 0.15) is 22.8 Å². The fraction of sp³-hybridized carbons (Fsp3) is 0.480. The number of carbonyl (C=O) groups is 3. The number of aliphatic hydroxyl groups excluding tert-OH is 2. The Morgan fingerprint density at radius 3 is 2.25 bits per heavy atom. The molecule has 1 saturated carbocycles. The van der Waals surface area contributed by atoms with E-state index in [2.05, 4.69) is 0 Å². The number of ketones is 2. The van der Waals surface area contributed by atoms with Gasteiger partial charge in [0.15, 0.2) is 11.4 Å². The van der Waals surface area contributed by atoms with Crippen LogP contribution in [0.2, 0.25) is 0 Å². The second kappa shape index (κ2) is 7.44. The molecule has 190 valence electrons. The van der Waals surface area contributed by atoms with E-state index in [0.717, 1.165) is 0 Å². The van der Waals surface area contributed by atoms with Crippen molar-refractivity contribution < 1.29 is 44.1 Å². The number of aromatic hydroxyl groups is 1. The minimum atomic E-state index is -2.59. The highest BCUT2D eigenvalue weighted by molar-refractivity contribution is 6.62. The van der Waals surface area contributed by atoms with Crippen molar-refractivity contribution in [2.24, 2.45) is 17.6 Å². The highest BCUT2D eigenvalue weighted by atomic mass is 16.7. The van der Waals surface area contributed by atoms with E-state index in [9.17, 15) is 34.8 Å². The maximum absolute atomic E-state index is 13.6. The van der Waals surface area contributed by atoms with Gasteiger partial charge in [-0.2, -0.15) is 0 Å². The topological polar surface area (TPSA) is 177 Å². The fourth-order valence-corrected chi connectivity index (χ4v) is 5.84. The lowest BCUT2D eigenvalue weighted by molar-refractivity contribution is -0.147. The predicted molar refractivity (Wildman–Crippen MR) is 127 cm³/mol. The zero-order valence-corrected chi connectivity index (χ0v) is 20.4. The summed E-state index contributed by atoms with van der Waals surface area (Å²) < 4.78 is 12.4. The predicted octanol–water partition coefficient (Wildman–Crippen LogP) is 0.723. The van der Waals surface area contributed by atoms with Crippen LogP contribution in [0.4, 0.5) is 0 Å². The van der Waals surface area contributed by atoms with Crippen molar-refractivity contribution in [3.8, 4) is 5.75 Å². The van der Waals surface area contributed by atoms with Crippen molar-refractivity contribution in [2.45, 2.75) is 63.8 Å². The van der Waals surface area contributed by atoms with E-state index in [1.807, 2.05) is 27.7 Å². The molecule has 3 aliphatic carbocycles. The summed E-state index contributed by atoms with van der Waals surface area (Å²) in [7, 11) is -0.795. The zero-order valence-electron chi connectivity index (χ0n) is 20.4. The molecule has 0 spiro atoms. The van der Waals surface area contributed by atoms with Crippen molar-refractivity contribution >= 4 is 35.8 Å². The molecule has 5 rings (SSSR count). The third kappa shape index (κ3) is 3.06. The van der Waals surface area contributed by atoms with Crippen LogP contribution in [0, 0.1) is 11.8 Å². The molecule has 6 N–H and O–H groups in total. The van der Waals surface area contributed by atoms with Crippen LogP contribution in [-0.2, 0) is 30.1 Å². The lowest BCUT2D eigenvalue weighted by atomic mass is 9.58. The number of fused-ring (bicyclic) bond motifs is 3. The normalized spacial score (nSPS) is 30.8. The third-order valence-electron chi connectivity index (χ3n) is 8.49. The summed E-state index contributed by atoms with van der Waals surface area (Å²) in [6, 6.07) is 3.01. The Balaban J connectivity index is 1.65. The van der Waals surface area contributed by atoms with Crippen LogP contribution < -0.4 is 11.2 Å². The van der Waals surface area contributed by atoms with Gasteiger partial charge in [0.05, 0.1) is 16.8 Å². The Morgan fingerprint density at radius 2 is 1.67 bits per heavy atom. The Morgan fingerprint density at radius 1 is 1.06 bits per heavy atom. The summed E-state index contributed by atoms with van der Waals surface area (Å²) in [6.45, 7) is 7.60. The number of amides is 1. The smallest absolute Gasteiger partial charge is 0.495 e. The quantitative estimate of drug-likeness (QED) is 0.291. The molecule has 4 aliphatic rings. The molecule has 10 nitrogen and oxygen atoms in total. The van der Waals surface area contributed by atoms with E-state index in [0.29, 0.717) is 11.0 Å². The summed E-state index contributed by atoms with van der Waals surface area (Å²) in [5.41, 5.74) is 1.46. The summed E-state index contributed by atoms with van der Waals surface area (Å²) in [6.07, 6.45) is -0.129. The molecule has 1 saturated heterocycles. The standard InChI is InChI=1S/C25H28BNO9/c1-23(2)24(3,4)36-26(35-23)13-5-6-14(28)17-12(13)8-10-7-11-9-15(29)18(22(27)33)21(32)25(11,34)20(31)16(10)19(17)30/h5-6,10-11,28,30,32,34H,7-9H2,1-4H3,(H2,27,33). The van der Waals surface area contributed by atoms with Crippen LogP contribution in [0.25, 0.3) is 5.76 Å². The second-order valence-electron chi connectivity index (χ2n) is 11.0. The van der Waals surface area contributed by atoms with Crippen LogP contribution in [0.5, 0.6) is 5.75 Å². The highest BCUT2D eigenvalue weighted by Gasteiger charge is 2.61. The van der Waals surface area contributed by atoms with Crippen molar-refractivity contribution in [1.29, 1.82) is 0 Å². The van der Waals surface area contributed by atoms with E-state index in [1.165, 1.54) is 6.07 Å². The SMILES string of the molecule is CC1(C)OB(c2ccc(O)c3c2CC2CC4CC(=O)C(C(N)=O)=C(O)C4(O)C(=O)C2=C3O)OC1(C)C. The Labute approximate surface area is 207 Å². The Hall–Kier alpha value is -3.15. The number of benzene rings is 1. The maximum atomic E-state index is 13.6. The first kappa shape index (κ1) is 24.5. The number of carbonyl (C=O) groups excluding carboxylic acids is 3. The molecule has 1 aromatic carbocycles. The van der Waals surface area contributed by atoms with E-state index in [1.54, 1.807) is 6.07 Å². The largest absolute Gasteiger partial charge is 0.508 e. The molecular formula is C25H28BNO9. The van der Waals surface area contributed by atoms with Crippen LogP contribution in [0.1, 0.15) is 51.7 Å². The first-order valence-corrected chi connectivity index (χ1v) is 11.8. The van der Waals surface area contributed by atoms with Gasteiger partial charge in [-0.25, -0.2) is 0 Å². The van der Waals surface area contributed by atoms with Crippen molar-refractivity contribution in [3.05, 3.63) is 40.2 Å². The third-order valence-corrected chi connectivity index (χ3v) is 8.49. The summed E-state index contributed by atoms with van der Waals surface area (Å²) in [5.74, 6) is -6.62. The average Bonchev–Trinajstić information content (AvgIpc) is 2.97. The van der Waals surface area contributed by atoms with Crippen LogP contribution in [0.15, 0.2) is 29.0 Å². The number of Topliss-reactive ketones (excluding diaryl/α,β-unsaturated/α-hetero) is 2. The number of primary amides is 1. The van der Waals surface area contributed by atoms with Crippen molar-refractivity contribution in [2.75, 3.05) is 0 Å². The number of phenols is 1. The van der Waals surface area contributed by atoms with Gasteiger partial charge < -0.3 is 35.5 Å². The van der Waals surface area contributed by atoms with Crippen molar-refractivity contribution in [3.63, 3.8) is 0 Å². The van der Waals surface area contributed by atoms with Crippen LogP contribution in [0.3, 0.4) is 0 Å². The molecule has 36 heavy (non-hydrogen) atoms. The fourth-order valence-electron chi connectivity index (χ4n) is 5.84. The molecule has 0 bridgehead atoms. The van der Waals surface area contributed by atoms with Crippen molar-refractivity contribution in [1.82, 2.24) is 0 Å². The summed E-state index contributed by atoms with van der Waals surface area (Å²) in [5, 5.41) is 43.9. The monoisotopic (exact) mass is 497 g/mol. The van der Waals surface area contributed by atoms with Gasteiger partial charge in [-0.05, 0) is 63.5 Å². The molecule has 1 amide bonds.